The van der Waals surface area contributed by atoms with Crippen molar-refractivity contribution in [3.63, 3.8) is 0 Å². The quantitative estimate of drug-likeness (QED) is 0.651. The highest BCUT2D eigenvalue weighted by Gasteiger charge is 2.01. The molecule has 1 heteroatoms. The summed E-state index contributed by atoms with van der Waals surface area (Å²) in [6, 6.07) is 13.0. The van der Waals surface area contributed by atoms with Crippen molar-refractivity contribution >= 4 is 0 Å². The Bertz CT molecular complexity index is 486. The first kappa shape index (κ1) is 9.91. The van der Waals surface area contributed by atoms with Gasteiger partial charge in [-0.3, -0.25) is 0 Å². The maximum absolute atomic E-state index is 13.3. The minimum absolute atomic E-state index is 0.165. The summed E-state index contributed by atoms with van der Waals surface area (Å²) >= 11 is 0. The summed E-state index contributed by atoms with van der Waals surface area (Å²) < 4.78 is 13.3. The van der Waals surface area contributed by atoms with E-state index in [4.69, 9.17) is 0 Å². The van der Waals surface area contributed by atoms with E-state index in [9.17, 15) is 4.39 Å². The number of benzene rings is 2. The molecule has 15 heavy (non-hydrogen) atoms. The molecular weight excluding hydrogens is 187 g/mol. The van der Waals surface area contributed by atoms with Crippen molar-refractivity contribution < 1.29 is 4.39 Å². The second-order valence-electron chi connectivity index (χ2n) is 3.66. The zero-order valence-electron chi connectivity index (χ0n) is 8.63. The molecule has 0 unspecified atom stereocenters. The van der Waals surface area contributed by atoms with Crippen LogP contribution in [0.5, 0.6) is 0 Å². The van der Waals surface area contributed by atoms with Crippen LogP contribution in [0.15, 0.2) is 42.5 Å². The zero-order chi connectivity index (χ0) is 10.8. The molecule has 2 aromatic rings. The van der Waals surface area contributed by atoms with Gasteiger partial charge in [0.2, 0.25) is 0 Å². The monoisotopic (exact) mass is 199 g/mol. The van der Waals surface area contributed by atoms with Crippen LogP contribution in [0.4, 0.5) is 4.39 Å². The standard InChI is InChI=1S/C14H12F/c1-10-4-3-5-12(8-10)13-7-6-11(2)14(15)9-13/h3-9H,1H2,2H3. The molecule has 0 heterocycles. The van der Waals surface area contributed by atoms with Crippen LogP contribution in [0, 0.1) is 19.7 Å². The van der Waals surface area contributed by atoms with Crippen molar-refractivity contribution in [1.29, 1.82) is 0 Å². The summed E-state index contributed by atoms with van der Waals surface area (Å²) in [5, 5.41) is 0. The van der Waals surface area contributed by atoms with Crippen molar-refractivity contribution in [2.75, 3.05) is 0 Å². The minimum Gasteiger partial charge on any atom is -0.207 e. The minimum atomic E-state index is -0.165. The summed E-state index contributed by atoms with van der Waals surface area (Å²) in [4.78, 5) is 0. The molecule has 0 nitrogen and oxygen atoms in total. The fraction of sp³-hybridized carbons (Fsp3) is 0.0714. The molecule has 0 spiro atoms. The normalized spacial score (nSPS) is 10.3. The lowest BCUT2D eigenvalue weighted by molar-refractivity contribution is 0.619. The predicted molar refractivity (Wildman–Crippen MR) is 61.0 cm³/mol. The fourth-order valence-corrected chi connectivity index (χ4v) is 1.52. The highest BCUT2D eigenvalue weighted by Crippen LogP contribution is 2.22. The molecule has 0 aromatic heterocycles. The summed E-state index contributed by atoms with van der Waals surface area (Å²) in [6.07, 6.45) is 0. The summed E-state index contributed by atoms with van der Waals surface area (Å²) in [5.74, 6) is -0.165. The smallest absolute Gasteiger partial charge is 0.126 e. The van der Waals surface area contributed by atoms with Gasteiger partial charge in [0, 0.05) is 0 Å². The molecule has 2 rings (SSSR count). The van der Waals surface area contributed by atoms with Crippen LogP contribution in [0.3, 0.4) is 0 Å². The van der Waals surface area contributed by atoms with Gasteiger partial charge in [0.15, 0.2) is 0 Å². The van der Waals surface area contributed by atoms with Crippen LogP contribution in [0.1, 0.15) is 11.1 Å². The third kappa shape index (κ3) is 2.07. The van der Waals surface area contributed by atoms with E-state index >= 15 is 0 Å². The van der Waals surface area contributed by atoms with Gasteiger partial charge in [0.25, 0.3) is 0 Å². The SMILES string of the molecule is [CH2]c1cccc(-c2ccc(C)c(F)c2)c1. The first-order valence-corrected chi connectivity index (χ1v) is 4.85. The Morgan fingerprint density at radius 3 is 2.40 bits per heavy atom. The Balaban J connectivity index is 2.50. The van der Waals surface area contributed by atoms with E-state index in [-0.39, 0.29) is 5.82 Å². The van der Waals surface area contributed by atoms with Crippen LogP contribution in [0.2, 0.25) is 0 Å². The lowest BCUT2D eigenvalue weighted by Crippen LogP contribution is -1.84. The molecule has 0 bridgehead atoms. The Morgan fingerprint density at radius 1 is 1.00 bits per heavy atom. The van der Waals surface area contributed by atoms with Gasteiger partial charge in [-0.1, -0.05) is 36.4 Å². The molecule has 0 aliphatic rings. The fourth-order valence-electron chi connectivity index (χ4n) is 1.52. The van der Waals surface area contributed by atoms with Gasteiger partial charge in [-0.2, -0.15) is 0 Å². The predicted octanol–water partition coefficient (Wildman–Crippen LogP) is 3.98. The zero-order valence-corrected chi connectivity index (χ0v) is 8.63. The van der Waals surface area contributed by atoms with E-state index in [0.717, 1.165) is 16.7 Å². The Hall–Kier alpha value is -1.63. The van der Waals surface area contributed by atoms with Crippen LogP contribution >= 0.6 is 0 Å². The van der Waals surface area contributed by atoms with Crippen molar-refractivity contribution in [2.45, 2.75) is 6.92 Å². The van der Waals surface area contributed by atoms with Crippen molar-refractivity contribution in [2.24, 2.45) is 0 Å². The molecule has 0 amide bonds. The summed E-state index contributed by atoms with van der Waals surface area (Å²) in [7, 11) is 0. The Labute approximate surface area is 89.4 Å². The topological polar surface area (TPSA) is 0 Å². The van der Waals surface area contributed by atoms with Crippen molar-refractivity contribution in [3.05, 3.63) is 66.3 Å². The van der Waals surface area contributed by atoms with Gasteiger partial charge in [-0.05, 0) is 42.2 Å². The second kappa shape index (κ2) is 3.85. The highest BCUT2D eigenvalue weighted by molar-refractivity contribution is 5.64. The van der Waals surface area contributed by atoms with Crippen LogP contribution in [0.25, 0.3) is 11.1 Å². The first-order valence-electron chi connectivity index (χ1n) is 4.85. The van der Waals surface area contributed by atoms with E-state index in [1.54, 1.807) is 19.1 Å². The van der Waals surface area contributed by atoms with E-state index in [1.165, 1.54) is 0 Å². The summed E-state index contributed by atoms with van der Waals surface area (Å²) in [6.45, 7) is 5.61. The van der Waals surface area contributed by atoms with Gasteiger partial charge in [-0.15, -0.1) is 0 Å². The van der Waals surface area contributed by atoms with Gasteiger partial charge >= 0.3 is 0 Å². The number of hydrogen-bond acceptors (Lipinski definition) is 0. The second-order valence-corrected chi connectivity index (χ2v) is 3.66. The maximum atomic E-state index is 13.3. The Morgan fingerprint density at radius 2 is 1.73 bits per heavy atom. The summed E-state index contributed by atoms with van der Waals surface area (Å²) in [5.41, 5.74) is 3.50. The first-order chi connectivity index (χ1) is 7.16. The number of aryl methyl sites for hydroxylation is 1. The molecule has 0 fully saturated rings. The van der Waals surface area contributed by atoms with Crippen molar-refractivity contribution in [1.82, 2.24) is 0 Å². The van der Waals surface area contributed by atoms with E-state index < -0.39 is 0 Å². The van der Waals surface area contributed by atoms with E-state index in [0.29, 0.717) is 5.56 Å². The molecule has 1 radical (unpaired) electrons. The Kier molecular flexibility index (Phi) is 2.55. The van der Waals surface area contributed by atoms with Crippen LogP contribution < -0.4 is 0 Å². The molecule has 0 N–H and O–H groups in total. The molecule has 75 valence electrons. The number of halogens is 1. The largest absolute Gasteiger partial charge is 0.207 e. The molecule has 0 aliphatic carbocycles. The van der Waals surface area contributed by atoms with Gasteiger partial charge in [0.1, 0.15) is 5.82 Å². The third-order valence-corrected chi connectivity index (χ3v) is 2.43. The molecular formula is C14H12F. The van der Waals surface area contributed by atoms with Gasteiger partial charge in [0.05, 0.1) is 0 Å². The number of rotatable bonds is 1. The molecule has 0 saturated carbocycles. The molecule has 0 aliphatic heterocycles. The third-order valence-electron chi connectivity index (χ3n) is 2.43. The molecule has 0 atom stereocenters. The van der Waals surface area contributed by atoms with E-state index in [1.807, 2.05) is 30.3 Å². The average molecular weight is 199 g/mol. The van der Waals surface area contributed by atoms with Crippen LogP contribution in [-0.4, -0.2) is 0 Å². The van der Waals surface area contributed by atoms with E-state index in [2.05, 4.69) is 6.92 Å². The van der Waals surface area contributed by atoms with Gasteiger partial charge in [-0.25, -0.2) is 4.39 Å². The van der Waals surface area contributed by atoms with Crippen LogP contribution in [-0.2, 0) is 0 Å². The lowest BCUT2D eigenvalue weighted by Gasteiger charge is -2.04. The van der Waals surface area contributed by atoms with Gasteiger partial charge < -0.3 is 0 Å². The lowest BCUT2D eigenvalue weighted by atomic mass is 10.0. The number of hydrogen-bond donors (Lipinski definition) is 0. The molecule has 2 aromatic carbocycles. The molecule has 0 saturated heterocycles. The average Bonchev–Trinajstić information content (AvgIpc) is 2.22. The van der Waals surface area contributed by atoms with Crippen molar-refractivity contribution in [3.8, 4) is 11.1 Å². The highest BCUT2D eigenvalue weighted by atomic mass is 19.1. The maximum Gasteiger partial charge on any atom is 0.126 e.